The quantitative estimate of drug-likeness (QED) is 0.678. The molecule has 1 unspecified atom stereocenters. The van der Waals surface area contributed by atoms with E-state index in [1.807, 2.05) is 17.5 Å². The molecule has 0 saturated carbocycles. The highest BCUT2D eigenvalue weighted by Crippen LogP contribution is 2.26. The lowest BCUT2D eigenvalue weighted by Crippen LogP contribution is -2.30. The van der Waals surface area contributed by atoms with Crippen LogP contribution in [0.25, 0.3) is 11.3 Å². The van der Waals surface area contributed by atoms with Crippen molar-refractivity contribution < 1.29 is 9.53 Å². The highest BCUT2D eigenvalue weighted by molar-refractivity contribution is 7.14. The average Bonchev–Trinajstić information content (AvgIpc) is 3.16. The van der Waals surface area contributed by atoms with E-state index in [1.165, 1.54) is 16.9 Å². The summed E-state index contributed by atoms with van der Waals surface area (Å²) < 4.78 is 5.63. The van der Waals surface area contributed by atoms with Gasteiger partial charge in [0, 0.05) is 10.9 Å². The van der Waals surface area contributed by atoms with Gasteiger partial charge < -0.3 is 4.74 Å². The van der Waals surface area contributed by atoms with E-state index in [2.05, 4.69) is 35.4 Å². The summed E-state index contributed by atoms with van der Waals surface area (Å²) >= 11 is 1.36. The molecule has 0 bridgehead atoms. The van der Waals surface area contributed by atoms with E-state index in [0.29, 0.717) is 16.4 Å². The van der Waals surface area contributed by atoms with Gasteiger partial charge in [-0.3, -0.25) is 10.1 Å². The fourth-order valence-corrected chi connectivity index (χ4v) is 3.21. The topological polar surface area (TPSA) is 75.0 Å². The predicted molar refractivity (Wildman–Crippen MR) is 107 cm³/mol. The van der Waals surface area contributed by atoms with Gasteiger partial charge in [-0.05, 0) is 31.0 Å². The summed E-state index contributed by atoms with van der Waals surface area (Å²) in [6.07, 6.45) is 0.238. The molecule has 3 aromatic rings. The largest absolute Gasteiger partial charge is 0.480 e. The monoisotopic (exact) mass is 377 g/mol. The highest BCUT2D eigenvalue weighted by atomic mass is 32.1. The van der Waals surface area contributed by atoms with Crippen LogP contribution in [0, 0.1) is 11.3 Å². The molecule has 3 rings (SSSR count). The number of aryl methyl sites for hydroxylation is 1. The Hall–Kier alpha value is -3.17. The number of hydrogen-bond acceptors (Lipinski definition) is 5. The lowest BCUT2D eigenvalue weighted by atomic mass is 10.1. The molecule has 6 heteroatoms. The Morgan fingerprint density at radius 3 is 2.70 bits per heavy atom. The molecule has 0 aliphatic carbocycles. The SMILES string of the molecule is CCc1ccc(-c2csc(NC(=O)C(C)Oc3ccccc3C#N)n2)cc1. The van der Waals surface area contributed by atoms with Crippen molar-refractivity contribution in [2.75, 3.05) is 5.32 Å². The van der Waals surface area contributed by atoms with Crippen LogP contribution in [0.2, 0.25) is 0 Å². The predicted octanol–water partition coefficient (Wildman–Crippen LogP) is 4.65. The summed E-state index contributed by atoms with van der Waals surface area (Å²) in [6.45, 7) is 3.76. The van der Waals surface area contributed by atoms with Gasteiger partial charge in [0.05, 0.1) is 11.3 Å². The molecule has 1 N–H and O–H groups in total. The summed E-state index contributed by atoms with van der Waals surface area (Å²) in [4.78, 5) is 16.9. The number of hydrogen-bond donors (Lipinski definition) is 1. The van der Waals surface area contributed by atoms with E-state index in [0.717, 1.165) is 17.7 Å². The van der Waals surface area contributed by atoms with E-state index in [4.69, 9.17) is 10.00 Å². The smallest absolute Gasteiger partial charge is 0.266 e. The number of benzene rings is 2. The second-order valence-corrected chi connectivity index (χ2v) is 6.80. The third-order valence-electron chi connectivity index (χ3n) is 4.07. The van der Waals surface area contributed by atoms with Crippen LogP contribution in [0.15, 0.2) is 53.9 Å². The highest BCUT2D eigenvalue weighted by Gasteiger charge is 2.18. The van der Waals surface area contributed by atoms with E-state index in [9.17, 15) is 4.79 Å². The first-order valence-electron chi connectivity index (χ1n) is 8.62. The van der Waals surface area contributed by atoms with Gasteiger partial charge in [0.25, 0.3) is 5.91 Å². The number of carbonyl (C=O) groups excluding carboxylic acids is 1. The fourth-order valence-electron chi connectivity index (χ4n) is 2.49. The summed E-state index contributed by atoms with van der Waals surface area (Å²) in [6, 6.07) is 17.1. The molecule has 1 amide bonds. The van der Waals surface area contributed by atoms with Gasteiger partial charge in [-0.25, -0.2) is 4.98 Å². The van der Waals surface area contributed by atoms with Gasteiger partial charge in [0.2, 0.25) is 0 Å². The number of ether oxygens (including phenoxy) is 1. The van der Waals surface area contributed by atoms with E-state index in [1.54, 1.807) is 31.2 Å². The van der Waals surface area contributed by atoms with Crippen LogP contribution >= 0.6 is 11.3 Å². The van der Waals surface area contributed by atoms with Crippen molar-refractivity contribution >= 4 is 22.4 Å². The maximum atomic E-state index is 12.4. The molecule has 1 heterocycles. The molecule has 0 aliphatic rings. The molecular weight excluding hydrogens is 358 g/mol. The number of para-hydroxylation sites is 1. The second kappa shape index (κ2) is 8.47. The zero-order valence-corrected chi connectivity index (χ0v) is 15.9. The number of anilines is 1. The van der Waals surface area contributed by atoms with Gasteiger partial charge in [-0.15, -0.1) is 11.3 Å². The molecule has 0 fully saturated rings. The van der Waals surface area contributed by atoms with Gasteiger partial charge in [0.15, 0.2) is 11.2 Å². The Balaban J connectivity index is 1.65. The van der Waals surface area contributed by atoms with Crippen molar-refractivity contribution in [3.8, 4) is 23.1 Å². The first kappa shape index (κ1) is 18.6. The van der Waals surface area contributed by atoms with Crippen LogP contribution < -0.4 is 10.1 Å². The Morgan fingerprint density at radius 1 is 1.26 bits per heavy atom. The number of nitrogens with zero attached hydrogens (tertiary/aromatic N) is 2. The third kappa shape index (κ3) is 4.52. The normalized spacial score (nSPS) is 11.4. The molecule has 0 saturated heterocycles. The van der Waals surface area contributed by atoms with Crippen LogP contribution in [0.4, 0.5) is 5.13 Å². The molecule has 1 aromatic heterocycles. The molecule has 2 aromatic carbocycles. The minimum atomic E-state index is -0.754. The molecule has 136 valence electrons. The summed E-state index contributed by atoms with van der Waals surface area (Å²) in [5.74, 6) is 0.0727. The number of nitrogens with one attached hydrogen (secondary N) is 1. The lowest BCUT2D eigenvalue weighted by Gasteiger charge is -2.14. The van der Waals surface area contributed by atoms with Crippen LogP contribution in [0.5, 0.6) is 5.75 Å². The zero-order chi connectivity index (χ0) is 19.2. The number of aromatic nitrogens is 1. The van der Waals surface area contributed by atoms with Crippen molar-refractivity contribution in [1.29, 1.82) is 5.26 Å². The Bertz CT molecular complexity index is 974. The maximum Gasteiger partial charge on any atom is 0.266 e. The first-order valence-corrected chi connectivity index (χ1v) is 9.50. The Morgan fingerprint density at radius 2 is 2.00 bits per heavy atom. The van der Waals surface area contributed by atoms with Gasteiger partial charge >= 0.3 is 0 Å². The number of nitriles is 1. The van der Waals surface area contributed by atoms with Crippen LogP contribution in [0.1, 0.15) is 25.0 Å². The van der Waals surface area contributed by atoms with Crippen molar-refractivity contribution in [2.24, 2.45) is 0 Å². The lowest BCUT2D eigenvalue weighted by molar-refractivity contribution is -0.122. The molecule has 1 atom stereocenters. The summed E-state index contributed by atoms with van der Waals surface area (Å²) in [5.41, 5.74) is 3.49. The summed E-state index contributed by atoms with van der Waals surface area (Å²) in [7, 11) is 0. The van der Waals surface area contributed by atoms with Crippen molar-refractivity contribution in [2.45, 2.75) is 26.4 Å². The summed E-state index contributed by atoms with van der Waals surface area (Å²) in [5, 5.41) is 14.3. The van der Waals surface area contributed by atoms with Crippen molar-refractivity contribution in [1.82, 2.24) is 4.98 Å². The van der Waals surface area contributed by atoms with Gasteiger partial charge in [0.1, 0.15) is 11.8 Å². The van der Waals surface area contributed by atoms with E-state index >= 15 is 0 Å². The molecule has 0 spiro atoms. The Labute approximate surface area is 162 Å². The number of rotatable bonds is 6. The van der Waals surface area contributed by atoms with Crippen LogP contribution in [-0.4, -0.2) is 17.0 Å². The molecule has 27 heavy (non-hydrogen) atoms. The maximum absolute atomic E-state index is 12.4. The van der Waals surface area contributed by atoms with Gasteiger partial charge in [-0.2, -0.15) is 5.26 Å². The van der Waals surface area contributed by atoms with Gasteiger partial charge in [-0.1, -0.05) is 43.3 Å². The number of thiazole rings is 1. The van der Waals surface area contributed by atoms with Crippen molar-refractivity contribution in [3.63, 3.8) is 0 Å². The first-order chi connectivity index (χ1) is 13.1. The zero-order valence-electron chi connectivity index (χ0n) is 15.1. The molecule has 0 aliphatic heterocycles. The molecule has 5 nitrogen and oxygen atoms in total. The fraction of sp³-hybridized carbons (Fsp3) is 0.190. The van der Waals surface area contributed by atoms with Crippen LogP contribution in [-0.2, 0) is 11.2 Å². The van der Waals surface area contributed by atoms with E-state index < -0.39 is 6.10 Å². The third-order valence-corrected chi connectivity index (χ3v) is 4.83. The molecule has 0 radical (unpaired) electrons. The second-order valence-electron chi connectivity index (χ2n) is 5.95. The standard InChI is InChI=1S/C21H19N3O2S/c1-3-15-8-10-16(11-9-15)18-13-27-21(23-18)24-20(25)14(2)26-19-7-5-4-6-17(19)12-22/h4-11,13-14H,3H2,1-2H3,(H,23,24,25). The number of carbonyl (C=O) groups is 1. The van der Waals surface area contributed by atoms with Crippen LogP contribution in [0.3, 0.4) is 0 Å². The minimum absolute atomic E-state index is 0.315. The van der Waals surface area contributed by atoms with E-state index in [-0.39, 0.29) is 5.91 Å². The van der Waals surface area contributed by atoms with Crippen molar-refractivity contribution in [3.05, 3.63) is 65.0 Å². The molecular formula is C21H19N3O2S. The number of amides is 1. The average molecular weight is 377 g/mol. The Kier molecular flexibility index (Phi) is 5.84. The minimum Gasteiger partial charge on any atom is -0.480 e.